The van der Waals surface area contributed by atoms with Crippen molar-refractivity contribution in [2.75, 3.05) is 30.8 Å². The molecule has 2 aromatic carbocycles. The molecule has 2 rings (SSSR count). The van der Waals surface area contributed by atoms with E-state index in [2.05, 4.69) is 5.32 Å². The van der Waals surface area contributed by atoms with E-state index in [-0.39, 0.29) is 37.7 Å². The molecule has 0 spiro atoms. The number of benzene rings is 2. The lowest BCUT2D eigenvalue weighted by Crippen LogP contribution is -2.47. The van der Waals surface area contributed by atoms with Crippen LogP contribution in [0.3, 0.4) is 0 Å². The van der Waals surface area contributed by atoms with E-state index in [0.717, 1.165) is 18.2 Å². The molecule has 2 amide bonds. The van der Waals surface area contributed by atoms with Crippen molar-refractivity contribution in [2.24, 2.45) is 0 Å². The topological polar surface area (TPSA) is 96.0 Å². The molecular weight excluding hydrogens is 502 g/mol. The highest BCUT2D eigenvalue weighted by atomic mass is 35.5. The molecule has 0 saturated carbocycles. The molecule has 1 atom stereocenters. The maximum Gasteiger partial charge on any atom is 0.242 e. The van der Waals surface area contributed by atoms with Crippen LogP contribution in [-0.2, 0) is 26.2 Å². The van der Waals surface area contributed by atoms with Crippen LogP contribution < -0.4 is 14.4 Å². The first-order chi connectivity index (χ1) is 17.0. The molecule has 1 unspecified atom stereocenters. The summed E-state index contributed by atoms with van der Waals surface area (Å²) in [5.74, 6) is 0.231. The molecule has 0 aromatic heterocycles. The number of carbonyl (C=O) groups excluding carboxylic acids is 2. The Morgan fingerprint density at radius 3 is 2.39 bits per heavy atom. The van der Waals surface area contributed by atoms with Crippen molar-refractivity contribution in [2.45, 2.75) is 52.6 Å². The van der Waals surface area contributed by atoms with Crippen LogP contribution >= 0.6 is 11.6 Å². The first-order valence-corrected chi connectivity index (χ1v) is 14.1. The Hall–Kier alpha value is -2.78. The molecule has 10 heteroatoms. The van der Waals surface area contributed by atoms with Crippen LogP contribution in [0.15, 0.2) is 42.5 Å². The summed E-state index contributed by atoms with van der Waals surface area (Å²) in [4.78, 5) is 27.5. The van der Waals surface area contributed by atoms with E-state index in [9.17, 15) is 18.0 Å². The minimum absolute atomic E-state index is 0.0766. The van der Waals surface area contributed by atoms with Crippen molar-refractivity contribution >= 4 is 39.1 Å². The van der Waals surface area contributed by atoms with Gasteiger partial charge in [0.05, 0.1) is 19.1 Å². The summed E-state index contributed by atoms with van der Waals surface area (Å²) in [5.41, 5.74) is 1.99. The quantitative estimate of drug-likeness (QED) is 0.414. The molecule has 2 aromatic rings. The Balaban J connectivity index is 2.19. The predicted octanol–water partition coefficient (Wildman–Crippen LogP) is 4.15. The van der Waals surface area contributed by atoms with Crippen LogP contribution in [0.25, 0.3) is 0 Å². The zero-order chi connectivity index (χ0) is 26.9. The first-order valence-electron chi connectivity index (χ1n) is 11.9. The summed E-state index contributed by atoms with van der Waals surface area (Å²) in [5, 5.41) is 3.31. The van der Waals surface area contributed by atoms with Gasteiger partial charge in [0.15, 0.2) is 0 Å². The lowest BCUT2D eigenvalue weighted by molar-refractivity contribution is -0.140. The average molecular weight is 538 g/mol. The number of methoxy groups -OCH3 is 1. The molecule has 8 nitrogen and oxygen atoms in total. The van der Waals surface area contributed by atoms with Crippen LogP contribution in [-0.4, -0.2) is 57.6 Å². The van der Waals surface area contributed by atoms with Gasteiger partial charge in [-0.1, -0.05) is 36.7 Å². The molecule has 198 valence electrons. The second-order valence-corrected chi connectivity index (χ2v) is 11.0. The molecule has 1 N–H and O–H groups in total. The van der Waals surface area contributed by atoms with Gasteiger partial charge in [0.25, 0.3) is 0 Å². The number of hydrogen-bond donors (Lipinski definition) is 1. The number of anilines is 1. The number of carbonyl (C=O) groups is 2. The van der Waals surface area contributed by atoms with Gasteiger partial charge in [-0.2, -0.15) is 0 Å². The highest BCUT2D eigenvalue weighted by Crippen LogP contribution is 2.28. The van der Waals surface area contributed by atoms with Gasteiger partial charge in [0.2, 0.25) is 21.8 Å². The number of amides is 2. The van der Waals surface area contributed by atoms with Crippen LogP contribution in [0, 0.1) is 6.92 Å². The van der Waals surface area contributed by atoms with Gasteiger partial charge in [-0.3, -0.25) is 13.9 Å². The van der Waals surface area contributed by atoms with E-state index >= 15 is 0 Å². The third kappa shape index (κ3) is 8.13. The van der Waals surface area contributed by atoms with Crippen LogP contribution in [0.4, 0.5) is 5.69 Å². The second-order valence-electron chi connectivity index (χ2n) is 8.66. The summed E-state index contributed by atoms with van der Waals surface area (Å²) in [6.07, 6.45) is 2.27. The fourth-order valence-electron chi connectivity index (χ4n) is 3.75. The normalized spacial score (nSPS) is 12.1. The Morgan fingerprint density at radius 2 is 1.81 bits per heavy atom. The molecule has 0 aliphatic rings. The van der Waals surface area contributed by atoms with E-state index in [1.54, 1.807) is 51.3 Å². The molecule has 0 radical (unpaired) electrons. The number of halogens is 1. The van der Waals surface area contributed by atoms with E-state index < -0.39 is 16.1 Å². The zero-order valence-corrected chi connectivity index (χ0v) is 23.2. The van der Waals surface area contributed by atoms with Crippen LogP contribution in [0.2, 0.25) is 5.02 Å². The van der Waals surface area contributed by atoms with Gasteiger partial charge in [0.1, 0.15) is 11.8 Å². The zero-order valence-electron chi connectivity index (χ0n) is 21.6. The van der Waals surface area contributed by atoms with Gasteiger partial charge in [-0.05, 0) is 62.1 Å². The second kappa shape index (κ2) is 13.5. The monoisotopic (exact) mass is 537 g/mol. The van der Waals surface area contributed by atoms with Crippen molar-refractivity contribution < 1.29 is 22.7 Å². The summed E-state index contributed by atoms with van der Waals surface area (Å²) in [6, 6.07) is 11.7. The van der Waals surface area contributed by atoms with E-state index in [0.29, 0.717) is 28.6 Å². The third-order valence-electron chi connectivity index (χ3n) is 5.89. The maximum atomic E-state index is 13.3. The summed E-state index contributed by atoms with van der Waals surface area (Å²) >= 11 is 6.20. The Morgan fingerprint density at radius 1 is 1.14 bits per heavy atom. The molecule has 0 aliphatic heterocycles. The van der Waals surface area contributed by atoms with Gasteiger partial charge in [-0.25, -0.2) is 8.42 Å². The van der Waals surface area contributed by atoms with Crippen molar-refractivity contribution in [1.82, 2.24) is 10.2 Å². The Bertz CT molecular complexity index is 1140. The molecule has 0 fully saturated rings. The number of hydrogen-bond acceptors (Lipinski definition) is 5. The highest BCUT2D eigenvalue weighted by molar-refractivity contribution is 7.92. The minimum Gasteiger partial charge on any atom is -0.497 e. The number of nitrogens with zero attached hydrogens (tertiary/aromatic N) is 2. The summed E-state index contributed by atoms with van der Waals surface area (Å²) < 4.78 is 31.5. The Labute approximate surface area is 219 Å². The molecule has 0 bridgehead atoms. The number of ether oxygens (including phenoxy) is 1. The largest absolute Gasteiger partial charge is 0.497 e. The predicted molar refractivity (Wildman–Crippen MR) is 144 cm³/mol. The van der Waals surface area contributed by atoms with Crippen molar-refractivity contribution in [3.05, 3.63) is 58.6 Å². The van der Waals surface area contributed by atoms with Gasteiger partial charge in [0, 0.05) is 31.1 Å². The lowest BCUT2D eigenvalue weighted by Gasteiger charge is -2.29. The lowest BCUT2D eigenvalue weighted by atomic mass is 10.1. The van der Waals surface area contributed by atoms with E-state index in [1.807, 2.05) is 19.1 Å². The summed E-state index contributed by atoms with van der Waals surface area (Å²) in [6.45, 7) is 6.29. The molecule has 0 aliphatic carbocycles. The van der Waals surface area contributed by atoms with Gasteiger partial charge < -0.3 is 15.0 Å². The minimum atomic E-state index is -3.60. The van der Waals surface area contributed by atoms with Crippen molar-refractivity contribution in [3.8, 4) is 5.75 Å². The fraction of sp³-hybridized carbons (Fsp3) is 0.462. The van der Waals surface area contributed by atoms with Crippen LogP contribution in [0.5, 0.6) is 5.75 Å². The molecular formula is C26H36ClN3O5S. The van der Waals surface area contributed by atoms with E-state index in [4.69, 9.17) is 16.3 Å². The summed E-state index contributed by atoms with van der Waals surface area (Å²) in [7, 11) is -2.02. The standard InChI is InChI=1S/C26H36ClN3O5S/c1-6-16-28-26(32)20(3)29(18-21-12-14-22(35-4)15-13-21)25(31)11-8-17-30(36(5,33)34)24-10-7-9-23(27)19(24)2/h7,9-10,12-15,20H,6,8,11,16-18H2,1-5H3,(H,28,32). The van der Waals surface area contributed by atoms with Crippen molar-refractivity contribution in [1.29, 1.82) is 0 Å². The van der Waals surface area contributed by atoms with Gasteiger partial charge in [-0.15, -0.1) is 0 Å². The first kappa shape index (κ1) is 29.5. The molecule has 0 saturated heterocycles. The van der Waals surface area contributed by atoms with E-state index in [1.165, 1.54) is 9.21 Å². The molecule has 36 heavy (non-hydrogen) atoms. The third-order valence-corrected chi connectivity index (χ3v) is 7.48. The SMILES string of the molecule is CCCNC(=O)C(C)N(Cc1ccc(OC)cc1)C(=O)CCCN(c1cccc(Cl)c1C)S(C)(=O)=O. The number of sulfonamides is 1. The maximum absolute atomic E-state index is 13.3. The number of nitrogens with one attached hydrogen (secondary N) is 1. The highest BCUT2D eigenvalue weighted by Gasteiger charge is 2.27. The van der Waals surface area contributed by atoms with Crippen LogP contribution in [0.1, 0.15) is 44.2 Å². The van der Waals surface area contributed by atoms with Crippen molar-refractivity contribution in [3.63, 3.8) is 0 Å². The Kier molecular flexibility index (Phi) is 11.0. The fourth-order valence-corrected chi connectivity index (χ4v) is 4.94. The molecule has 0 heterocycles. The van der Waals surface area contributed by atoms with Gasteiger partial charge >= 0.3 is 0 Å². The average Bonchev–Trinajstić information content (AvgIpc) is 2.84. The number of rotatable bonds is 13. The smallest absolute Gasteiger partial charge is 0.242 e.